The zero-order valence-corrected chi connectivity index (χ0v) is 10.4. The van der Waals surface area contributed by atoms with Crippen molar-refractivity contribution in [2.75, 3.05) is 0 Å². The summed E-state index contributed by atoms with van der Waals surface area (Å²) in [5, 5.41) is 14.7. The number of aryl methyl sites for hydroxylation is 1. The Morgan fingerprint density at radius 1 is 1.65 bits per heavy atom. The van der Waals surface area contributed by atoms with E-state index in [0.717, 1.165) is 0 Å². The van der Waals surface area contributed by atoms with Gasteiger partial charge in [0.15, 0.2) is 0 Å². The lowest BCUT2D eigenvalue weighted by atomic mass is 10.2. The van der Waals surface area contributed by atoms with Crippen LogP contribution in [0.4, 0.5) is 0 Å². The van der Waals surface area contributed by atoms with Gasteiger partial charge >= 0.3 is 5.97 Å². The molecule has 0 amide bonds. The Hall–Kier alpha value is -1.41. The zero-order valence-electron chi connectivity index (χ0n) is 9.60. The highest BCUT2D eigenvalue weighted by Crippen LogP contribution is 2.12. The molecular formula is C9H15N3O4S. The van der Waals surface area contributed by atoms with Crippen LogP contribution in [0.5, 0.6) is 0 Å². The van der Waals surface area contributed by atoms with Gasteiger partial charge in [-0.1, -0.05) is 0 Å². The third kappa shape index (κ3) is 3.82. The summed E-state index contributed by atoms with van der Waals surface area (Å²) >= 11 is 0. The molecule has 0 radical (unpaired) electrons. The maximum Gasteiger partial charge on any atom is 0.303 e. The molecule has 1 heterocycles. The highest BCUT2D eigenvalue weighted by Gasteiger charge is 2.21. The average molecular weight is 261 g/mol. The van der Waals surface area contributed by atoms with Crippen molar-refractivity contribution in [2.45, 2.75) is 37.6 Å². The summed E-state index contributed by atoms with van der Waals surface area (Å²) < 4.78 is 26.1. The van der Waals surface area contributed by atoms with Crippen molar-refractivity contribution in [3.8, 4) is 0 Å². The van der Waals surface area contributed by atoms with E-state index in [1.54, 1.807) is 13.8 Å². The number of carboxylic acids is 1. The Morgan fingerprint density at radius 3 is 2.76 bits per heavy atom. The van der Waals surface area contributed by atoms with Crippen molar-refractivity contribution >= 4 is 16.0 Å². The van der Waals surface area contributed by atoms with Crippen LogP contribution in [0.25, 0.3) is 0 Å². The van der Waals surface area contributed by atoms with Gasteiger partial charge in [0.1, 0.15) is 4.90 Å². The predicted octanol–water partition coefficient (Wildman–Crippen LogP) is 0.250. The number of hydrogen-bond donors (Lipinski definition) is 3. The van der Waals surface area contributed by atoms with E-state index in [0.29, 0.717) is 5.69 Å². The second-order valence-corrected chi connectivity index (χ2v) is 5.50. The molecule has 0 saturated carbocycles. The molecule has 7 nitrogen and oxygen atoms in total. The number of hydrogen-bond acceptors (Lipinski definition) is 4. The minimum atomic E-state index is -3.63. The van der Waals surface area contributed by atoms with Crippen LogP contribution in [0.15, 0.2) is 11.1 Å². The summed E-state index contributed by atoms with van der Waals surface area (Å²) in [5.74, 6) is -0.949. The second kappa shape index (κ2) is 5.28. The summed E-state index contributed by atoms with van der Waals surface area (Å²) in [6, 6.07) is -0.439. The topological polar surface area (TPSA) is 112 Å². The molecule has 0 aromatic carbocycles. The highest BCUT2D eigenvalue weighted by atomic mass is 32.2. The van der Waals surface area contributed by atoms with Crippen molar-refractivity contribution in [3.05, 3.63) is 11.9 Å². The molecule has 0 aliphatic heterocycles. The van der Waals surface area contributed by atoms with E-state index in [9.17, 15) is 13.2 Å². The van der Waals surface area contributed by atoms with E-state index in [2.05, 4.69) is 14.9 Å². The van der Waals surface area contributed by atoms with Gasteiger partial charge in [-0.05, 0) is 20.3 Å². The van der Waals surface area contributed by atoms with Gasteiger partial charge in [-0.25, -0.2) is 13.1 Å². The molecule has 0 aliphatic rings. The van der Waals surface area contributed by atoms with Crippen LogP contribution in [-0.2, 0) is 14.8 Å². The van der Waals surface area contributed by atoms with E-state index in [1.807, 2.05) is 0 Å². The first kappa shape index (κ1) is 13.7. The lowest BCUT2D eigenvalue weighted by molar-refractivity contribution is -0.137. The highest BCUT2D eigenvalue weighted by molar-refractivity contribution is 7.89. The third-order valence-electron chi connectivity index (χ3n) is 2.22. The third-order valence-corrected chi connectivity index (χ3v) is 3.92. The molecular weight excluding hydrogens is 246 g/mol. The molecule has 0 spiro atoms. The number of sulfonamides is 1. The molecule has 3 N–H and O–H groups in total. The van der Waals surface area contributed by atoms with Crippen LogP contribution in [0, 0.1) is 6.92 Å². The fraction of sp³-hybridized carbons (Fsp3) is 0.556. The number of aromatic nitrogens is 2. The monoisotopic (exact) mass is 261 g/mol. The van der Waals surface area contributed by atoms with E-state index in [1.165, 1.54) is 6.20 Å². The van der Waals surface area contributed by atoms with Gasteiger partial charge in [0, 0.05) is 12.5 Å². The molecule has 1 aromatic rings. The first-order valence-electron chi connectivity index (χ1n) is 5.07. The first-order valence-corrected chi connectivity index (χ1v) is 6.55. The maximum absolute atomic E-state index is 11.9. The van der Waals surface area contributed by atoms with Crippen LogP contribution in [0.3, 0.4) is 0 Å². The van der Waals surface area contributed by atoms with Gasteiger partial charge in [0.05, 0.1) is 11.9 Å². The molecule has 1 atom stereocenters. The normalized spacial score (nSPS) is 13.5. The quantitative estimate of drug-likeness (QED) is 0.679. The molecule has 0 fully saturated rings. The van der Waals surface area contributed by atoms with Crippen LogP contribution in [0.1, 0.15) is 25.5 Å². The van der Waals surface area contributed by atoms with Crippen molar-refractivity contribution in [2.24, 2.45) is 0 Å². The SMILES string of the molecule is Cc1[nH]ncc1S(=O)(=O)NC(C)CCC(=O)O. The van der Waals surface area contributed by atoms with Gasteiger partial charge in [-0.2, -0.15) is 5.10 Å². The standard InChI is InChI=1S/C9H15N3O4S/c1-6(3-4-9(13)14)12-17(15,16)8-5-10-11-7(8)2/h5-6,12H,3-4H2,1-2H3,(H,10,11)(H,13,14). The lowest BCUT2D eigenvalue weighted by Crippen LogP contribution is -2.33. The minimum Gasteiger partial charge on any atom is -0.481 e. The summed E-state index contributed by atoms with van der Waals surface area (Å²) in [5.41, 5.74) is 0.447. The smallest absolute Gasteiger partial charge is 0.303 e. The Bertz CT molecular complexity index is 494. The Labute approximate surface area is 99.3 Å². The van der Waals surface area contributed by atoms with E-state index in [4.69, 9.17) is 5.11 Å². The number of rotatable bonds is 6. The molecule has 0 aliphatic carbocycles. The molecule has 0 saturated heterocycles. The fourth-order valence-corrected chi connectivity index (χ4v) is 2.75. The van der Waals surface area contributed by atoms with Crippen molar-refractivity contribution in [1.82, 2.24) is 14.9 Å². The first-order chi connectivity index (χ1) is 7.83. The number of carbonyl (C=O) groups is 1. The maximum atomic E-state index is 11.9. The minimum absolute atomic E-state index is 0.0753. The van der Waals surface area contributed by atoms with Crippen LogP contribution >= 0.6 is 0 Å². The molecule has 1 unspecified atom stereocenters. The fourth-order valence-electron chi connectivity index (χ4n) is 1.34. The summed E-state index contributed by atoms with van der Waals surface area (Å²) in [4.78, 5) is 10.4. The van der Waals surface area contributed by atoms with Gasteiger partial charge in [-0.3, -0.25) is 9.89 Å². The molecule has 1 aromatic heterocycles. The van der Waals surface area contributed by atoms with E-state index < -0.39 is 22.0 Å². The number of aliphatic carboxylic acids is 1. The number of nitrogens with one attached hydrogen (secondary N) is 2. The number of aromatic amines is 1. The summed E-state index contributed by atoms with van der Waals surface area (Å²) in [7, 11) is -3.63. The molecule has 1 rings (SSSR count). The zero-order chi connectivity index (χ0) is 13.1. The van der Waals surface area contributed by atoms with Gasteiger partial charge in [0.25, 0.3) is 0 Å². The van der Waals surface area contributed by atoms with Gasteiger partial charge < -0.3 is 5.11 Å². The van der Waals surface area contributed by atoms with Crippen LogP contribution < -0.4 is 4.72 Å². The Kier molecular flexibility index (Phi) is 4.24. The number of carboxylic acid groups (broad SMARTS) is 1. The number of nitrogens with zero attached hydrogens (tertiary/aromatic N) is 1. The second-order valence-electron chi connectivity index (χ2n) is 3.81. The van der Waals surface area contributed by atoms with E-state index in [-0.39, 0.29) is 17.7 Å². The summed E-state index contributed by atoms with van der Waals surface area (Å²) in [6.07, 6.45) is 1.39. The predicted molar refractivity (Wildman–Crippen MR) is 60.0 cm³/mol. The Balaban J connectivity index is 2.68. The summed E-state index contributed by atoms with van der Waals surface area (Å²) in [6.45, 7) is 3.22. The Morgan fingerprint density at radius 2 is 2.29 bits per heavy atom. The van der Waals surface area contributed by atoms with Crippen molar-refractivity contribution in [1.29, 1.82) is 0 Å². The van der Waals surface area contributed by atoms with Crippen molar-refractivity contribution < 1.29 is 18.3 Å². The largest absolute Gasteiger partial charge is 0.481 e. The molecule has 17 heavy (non-hydrogen) atoms. The average Bonchev–Trinajstić information content (AvgIpc) is 2.61. The molecule has 0 bridgehead atoms. The van der Waals surface area contributed by atoms with Crippen LogP contribution in [0.2, 0.25) is 0 Å². The van der Waals surface area contributed by atoms with Crippen molar-refractivity contribution in [3.63, 3.8) is 0 Å². The van der Waals surface area contributed by atoms with Gasteiger partial charge in [0.2, 0.25) is 10.0 Å². The van der Waals surface area contributed by atoms with E-state index >= 15 is 0 Å². The van der Waals surface area contributed by atoms with Gasteiger partial charge in [-0.15, -0.1) is 0 Å². The lowest BCUT2D eigenvalue weighted by Gasteiger charge is -2.12. The molecule has 96 valence electrons. The number of H-pyrrole nitrogens is 1. The molecule has 8 heteroatoms. The van der Waals surface area contributed by atoms with Crippen LogP contribution in [-0.4, -0.2) is 35.7 Å².